The second-order valence-electron chi connectivity index (χ2n) is 8.01. The second-order valence-corrected chi connectivity index (χ2v) is 8.01. The van der Waals surface area contributed by atoms with Gasteiger partial charge >= 0.3 is 12.1 Å². The van der Waals surface area contributed by atoms with Crippen molar-refractivity contribution in [3.05, 3.63) is 48.4 Å². The number of likely N-dealkylation sites (tertiary alicyclic amines) is 1. The van der Waals surface area contributed by atoms with Crippen LogP contribution >= 0.6 is 0 Å². The molecule has 2 aromatic rings. The number of carboxylic acids is 1. The summed E-state index contributed by atoms with van der Waals surface area (Å²) in [6, 6.07) is 3.89. The number of likely N-dealkylation sites (N-methyl/N-ethyl adjacent to an activating group) is 1. The van der Waals surface area contributed by atoms with Crippen molar-refractivity contribution < 1.29 is 37.0 Å². The average molecular weight is 470 g/mol. The minimum absolute atomic E-state index is 0.0360. The predicted octanol–water partition coefficient (Wildman–Crippen LogP) is 2.31. The number of fused-ring (bicyclic) bond motifs is 1. The van der Waals surface area contributed by atoms with Gasteiger partial charge in [-0.1, -0.05) is 0 Å². The van der Waals surface area contributed by atoms with Crippen LogP contribution < -0.4 is 0 Å². The van der Waals surface area contributed by atoms with Gasteiger partial charge in [0.2, 0.25) is 0 Å². The third-order valence-corrected chi connectivity index (χ3v) is 5.62. The Hall–Kier alpha value is -2.99. The molecule has 0 saturated carbocycles. The van der Waals surface area contributed by atoms with E-state index >= 15 is 0 Å². The van der Waals surface area contributed by atoms with Crippen LogP contribution in [0.2, 0.25) is 0 Å². The molecule has 0 radical (unpaired) electrons. The number of halogens is 3. The summed E-state index contributed by atoms with van der Waals surface area (Å²) in [4.78, 5) is 33.9. The fraction of sp³-hybridized carbons (Fsp3) is 0.524. The Kier molecular flexibility index (Phi) is 8.03. The van der Waals surface area contributed by atoms with Gasteiger partial charge in [-0.25, -0.2) is 9.78 Å². The molecule has 0 bridgehead atoms. The third-order valence-electron chi connectivity index (χ3n) is 5.62. The van der Waals surface area contributed by atoms with Crippen LogP contribution in [0.1, 0.15) is 22.7 Å². The lowest BCUT2D eigenvalue weighted by atomic mass is 9.84. The number of rotatable bonds is 5. The van der Waals surface area contributed by atoms with Crippen LogP contribution in [0.4, 0.5) is 13.2 Å². The van der Waals surface area contributed by atoms with Crippen molar-refractivity contribution in [1.82, 2.24) is 19.8 Å². The zero-order valence-electron chi connectivity index (χ0n) is 17.9. The van der Waals surface area contributed by atoms with Crippen LogP contribution in [0.15, 0.2) is 41.4 Å². The highest BCUT2D eigenvalue weighted by atomic mass is 19.4. The number of carbonyl (C=O) groups is 2. The molecular weight excluding hydrogens is 445 g/mol. The van der Waals surface area contributed by atoms with E-state index in [0.717, 1.165) is 45.0 Å². The molecule has 1 amide bonds. The van der Waals surface area contributed by atoms with E-state index in [1.165, 1.54) is 6.20 Å². The summed E-state index contributed by atoms with van der Waals surface area (Å²) in [5, 5.41) is 7.12. The van der Waals surface area contributed by atoms with Gasteiger partial charge in [0.25, 0.3) is 5.91 Å². The van der Waals surface area contributed by atoms with E-state index in [4.69, 9.17) is 19.1 Å². The Balaban J connectivity index is 0.000000383. The highest BCUT2D eigenvalue weighted by molar-refractivity contribution is 5.92. The van der Waals surface area contributed by atoms with E-state index in [0.29, 0.717) is 17.5 Å². The highest BCUT2D eigenvalue weighted by Gasteiger charge is 2.42. The van der Waals surface area contributed by atoms with Crippen molar-refractivity contribution in [1.29, 1.82) is 0 Å². The fourth-order valence-electron chi connectivity index (χ4n) is 4.01. The molecule has 2 aromatic heterocycles. The number of hydrogen-bond donors (Lipinski definition) is 1. The van der Waals surface area contributed by atoms with E-state index in [2.05, 4.69) is 21.9 Å². The Morgan fingerprint density at radius 3 is 2.70 bits per heavy atom. The number of aliphatic carboxylic acids is 1. The summed E-state index contributed by atoms with van der Waals surface area (Å²) in [6.07, 6.45) is 2.41. The van der Waals surface area contributed by atoms with Gasteiger partial charge in [0.15, 0.2) is 0 Å². The molecule has 1 N–H and O–H groups in total. The number of carbonyl (C=O) groups excluding carboxylic acids is 1. The smallest absolute Gasteiger partial charge is 0.475 e. The molecule has 4 rings (SSSR count). The predicted molar refractivity (Wildman–Crippen MR) is 108 cm³/mol. The minimum atomic E-state index is -5.08. The van der Waals surface area contributed by atoms with Gasteiger partial charge in [-0.3, -0.25) is 14.7 Å². The molecule has 2 saturated heterocycles. The topological polar surface area (TPSA) is 109 Å². The molecule has 9 nitrogen and oxygen atoms in total. The Bertz CT molecular complexity index is 910. The fourth-order valence-corrected chi connectivity index (χ4v) is 4.01. The van der Waals surface area contributed by atoms with E-state index < -0.39 is 12.1 Å². The van der Waals surface area contributed by atoms with Crippen molar-refractivity contribution in [3.8, 4) is 0 Å². The lowest BCUT2D eigenvalue weighted by Crippen LogP contribution is -2.47. The number of piperidine rings is 1. The Morgan fingerprint density at radius 1 is 1.33 bits per heavy atom. The summed E-state index contributed by atoms with van der Waals surface area (Å²) in [5.41, 5.74) is 0.413. The highest BCUT2D eigenvalue weighted by Crippen LogP contribution is 2.35. The number of alkyl halides is 3. The molecule has 2 fully saturated rings. The van der Waals surface area contributed by atoms with Gasteiger partial charge in [0.1, 0.15) is 11.5 Å². The Labute approximate surface area is 188 Å². The molecule has 2 aliphatic heterocycles. The van der Waals surface area contributed by atoms with Crippen molar-refractivity contribution >= 4 is 11.9 Å². The van der Waals surface area contributed by atoms with Gasteiger partial charge < -0.3 is 19.2 Å². The largest absolute Gasteiger partial charge is 0.490 e. The lowest BCUT2D eigenvalue weighted by Gasteiger charge is -2.36. The van der Waals surface area contributed by atoms with E-state index in [9.17, 15) is 18.0 Å². The third kappa shape index (κ3) is 6.75. The Morgan fingerprint density at radius 2 is 2.09 bits per heavy atom. The standard InChI is InChI=1S/C19H24N4O3.C2HF3O2/c1-22(10-15-3-2-8-25-15)12-18-16-11-23(7-4-14(16)13-26-18)19(24)17-9-20-5-6-21-17;3-2(4,5)1(6)7/h2-3,5-6,8-9,14,16,18H,4,7,10-13H2,1H3;(H,6,7)/t14-,16-,18+;/m0./s1. The maximum atomic E-state index is 12.7. The number of aromatic nitrogens is 2. The van der Waals surface area contributed by atoms with Gasteiger partial charge in [-0.2, -0.15) is 13.2 Å². The monoisotopic (exact) mass is 470 g/mol. The summed E-state index contributed by atoms with van der Waals surface area (Å²) >= 11 is 0. The van der Waals surface area contributed by atoms with Gasteiger partial charge in [-0.15, -0.1) is 0 Å². The molecule has 33 heavy (non-hydrogen) atoms. The average Bonchev–Trinajstić information content (AvgIpc) is 3.43. The molecule has 4 heterocycles. The lowest BCUT2D eigenvalue weighted by molar-refractivity contribution is -0.192. The molecule has 12 heteroatoms. The second kappa shape index (κ2) is 10.8. The summed E-state index contributed by atoms with van der Waals surface area (Å²) in [5.74, 6) is -0.949. The van der Waals surface area contributed by atoms with Crippen molar-refractivity contribution in [3.63, 3.8) is 0 Å². The van der Waals surface area contributed by atoms with Gasteiger partial charge in [0.05, 0.1) is 31.7 Å². The van der Waals surface area contributed by atoms with Crippen molar-refractivity contribution in [2.24, 2.45) is 11.8 Å². The van der Waals surface area contributed by atoms with Crippen LogP contribution in [-0.2, 0) is 16.1 Å². The molecule has 180 valence electrons. The first kappa shape index (κ1) is 24.6. The number of furan rings is 1. The molecule has 0 aliphatic carbocycles. The van der Waals surface area contributed by atoms with Crippen molar-refractivity contribution in [2.45, 2.75) is 25.2 Å². The van der Waals surface area contributed by atoms with Gasteiger partial charge in [0, 0.05) is 37.9 Å². The maximum absolute atomic E-state index is 12.7. The zero-order valence-corrected chi connectivity index (χ0v) is 17.9. The van der Waals surface area contributed by atoms with E-state index in [-0.39, 0.29) is 12.0 Å². The first-order valence-corrected chi connectivity index (χ1v) is 10.3. The van der Waals surface area contributed by atoms with Crippen LogP contribution in [0.5, 0.6) is 0 Å². The maximum Gasteiger partial charge on any atom is 0.490 e. The first-order chi connectivity index (χ1) is 15.6. The molecular formula is C21H25F3N4O5. The SMILES string of the molecule is CN(Cc1ccco1)C[C@H]1OC[C@@H]2CCN(C(=O)c3cnccn3)C[C@@H]21.O=C(O)C(F)(F)F. The van der Waals surface area contributed by atoms with E-state index in [1.807, 2.05) is 17.0 Å². The molecule has 0 spiro atoms. The quantitative estimate of drug-likeness (QED) is 0.709. The minimum Gasteiger partial charge on any atom is -0.475 e. The zero-order chi connectivity index (χ0) is 24.0. The van der Waals surface area contributed by atoms with Gasteiger partial charge in [-0.05, 0) is 31.5 Å². The first-order valence-electron chi connectivity index (χ1n) is 10.3. The number of amides is 1. The van der Waals surface area contributed by atoms with Crippen LogP contribution in [0, 0.1) is 11.8 Å². The number of carboxylic acid groups (broad SMARTS) is 1. The summed E-state index contributed by atoms with van der Waals surface area (Å²) < 4.78 is 43.2. The number of nitrogens with zero attached hydrogens (tertiary/aromatic N) is 4. The van der Waals surface area contributed by atoms with E-state index in [1.54, 1.807) is 18.7 Å². The van der Waals surface area contributed by atoms with Crippen LogP contribution in [0.25, 0.3) is 0 Å². The van der Waals surface area contributed by atoms with Crippen LogP contribution in [-0.4, -0.2) is 82.3 Å². The molecule has 0 aromatic carbocycles. The van der Waals surface area contributed by atoms with Crippen LogP contribution in [0.3, 0.4) is 0 Å². The van der Waals surface area contributed by atoms with Crippen molar-refractivity contribution in [2.75, 3.05) is 33.3 Å². The summed E-state index contributed by atoms with van der Waals surface area (Å²) in [6.45, 7) is 3.85. The number of hydrogen-bond acceptors (Lipinski definition) is 7. The molecule has 0 unspecified atom stereocenters. The summed E-state index contributed by atoms with van der Waals surface area (Å²) in [7, 11) is 2.07. The number of ether oxygens (including phenoxy) is 1. The molecule has 2 aliphatic rings. The normalized spacial score (nSPS) is 22.5. The molecule has 3 atom stereocenters.